The first-order valence-electron chi connectivity index (χ1n) is 9.27. The molecule has 2 aliphatic rings. The standard InChI is InChI=1S/C21H31N/c1-4-18-20-14-10-9-13-19(20)16(3)22(21(18)5-2)15-17-11-7-6-8-12-17/h6-8,11-12,16,19,21H,4-5,9-10,13-15H2,1-3H3/t16-,19+,21+/m1/s1. The zero-order valence-corrected chi connectivity index (χ0v) is 14.5. The van der Waals surface area contributed by atoms with E-state index in [0.29, 0.717) is 12.1 Å². The molecule has 0 aromatic heterocycles. The summed E-state index contributed by atoms with van der Waals surface area (Å²) in [7, 11) is 0. The number of hydrogen-bond donors (Lipinski definition) is 0. The van der Waals surface area contributed by atoms with Gasteiger partial charge in [-0.2, -0.15) is 0 Å². The molecule has 0 radical (unpaired) electrons. The molecule has 0 saturated heterocycles. The lowest BCUT2D eigenvalue weighted by atomic mass is 9.71. The Kier molecular flexibility index (Phi) is 5.03. The van der Waals surface area contributed by atoms with Crippen molar-refractivity contribution in [2.24, 2.45) is 5.92 Å². The van der Waals surface area contributed by atoms with Crippen molar-refractivity contribution in [1.29, 1.82) is 0 Å². The van der Waals surface area contributed by atoms with Crippen LogP contribution in [0.3, 0.4) is 0 Å². The fourth-order valence-corrected chi connectivity index (χ4v) is 4.89. The molecule has 1 heterocycles. The average molecular weight is 297 g/mol. The minimum absolute atomic E-state index is 0.657. The Hall–Kier alpha value is -1.08. The Morgan fingerprint density at radius 1 is 1.09 bits per heavy atom. The van der Waals surface area contributed by atoms with E-state index in [1.807, 2.05) is 5.57 Å². The van der Waals surface area contributed by atoms with Crippen LogP contribution < -0.4 is 0 Å². The second-order valence-electron chi connectivity index (χ2n) is 7.08. The fraction of sp³-hybridized carbons (Fsp3) is 0.619. The van der Waals surface area contributed by atoms with E-state index in [2.05, 4.69) is 56.0 Å². The van der Waals surface area contributed by atoms with Gasteiger partial charge < -0.3 is 0 Å². The molecule has 3 atom stereocenters. The van der Waals surface area contributed by atoms with Gasteiger partial charge >= 0.3 is 0 Å². The molecule has 1 aliphatic carbocycles. The second-order valence-corrected chi connectivity index (χ2v) is 7.08. The Bertz CT molecular complexity index is 516. The van der Waals surface area contributed by atoms with Crippen molar-refractivity contribution in [3.05, 3.63) is 47.0 Å². The molecule has 1 saturated carbocycles. The maximum absolute atomic E-state index is 2.80. The van der Waals surface area contributed by atoms with Gasteiger partial charge in [0.25, 0.3) is 0 Å². The van der Waals surface area contributed by atoms with E-state index in [1.54, 1.807) is 5.57 Å². The van der Waals surface area contributed by atoms with E-state index in [9.17, 15) is 0 Å². The number of fused-ring (bicyclic) bond motifs is 1. The first kappa shape index (κ1) is 15.8. The third kappa shape index (κ3) is 2.88. The van der Waals surface area contributed by atoms with Crippen LogP contribution in [0.25, 0.3) is 0 Å². The zero-order valence-electron chi connectivity index (χ0n) is 14.5. The number of benzene rings is 1. The Balaban J connectivity index is 1.93. The summed E-state index contributed by atoms with van der Waals surface area (Å²) in [4.78, 5) is 2.80. The van der Waals surface area contributed by atoms with Gasteiger partial charge in [0.1, 0.15) is 0 Å². The maximum atomic E-state index is 2.80. The van der Waals surface area contributed by atoms with Crippen LogP contribution in [0.1, 0.15) is 64.9 Å². The first-order valence-corrected chi connectivity index (χ1v) is 9.27. The highest BCUT2D eigenvalue weighted by Crippen LogP contribution is 2.43. The summed E-state index contributed by atoms with van der Waals surface area (Å²) in [5.74, 6) is 0.815. The van der Waals surface area contributed by atoms with Crippen LogP contribution in [0.5, 0.6) is 0 Å². The monoisotopic (exact) mass is 297 g/mol. The van der Waals surface area contributed by atoms with Crippen molar-refractivity contribution in [1.82, 2.24) is 4.90 Å². The normalized spacial score (nSPS) is 29.5. The van der Waals surface area contributed by atoms with Gasteiger partial charge in [-0.25, -0.2) is 0 Å². The lowest BCUT2D eigenvalue weighted by molar-refractivity contribution is 0.0867. The van der Waals surface area contributed by atoms with Crippen molar-refractivity contribution in [2.45, 2.75) is 77.9 Å². The topological polar surface area (TPSA) is 3.24 Å². The van der Waals surface area contributed by atoms with E-state index in [4.69, 9.17) is 0 Å². The van der Waals surface area contributed by atoms with Gasteiger partial charge in [0.15, 0.2) is 0 Å². The quantitative estimate of drug-likeness (QED) is 0.657. The minimum atomic E-state index is 0.657. The Morgan fingerprint density at radius 2 is 1.86 bits per heavy atom. The van der Waals surface area contributed by atoms with E-state index in [-0.39, 0.29) is 0 Å². The van der Waals surface area contributed by atoms with Crippen LogP contribution in [0.4, 0.5) is 0 Å². The van der Waals surface area contributed by atoms with E-state index < -0.39 is 0 Å². The smallest absolute Gasteiger partial charge is 0.0314 e. The SMILES string of the molecule is CCC1=C2CCCC[C@H]2[C@@H](C)N(Cc2ccccc2)[C@H]1CC. The van der Waals surface area contributed by atoms with Crippen molar-refractivity contribution in [3.63, 3.8) is 0 Å². The molecule has 1 aromatic carbocycles. The van der Waals surface area contributed by atoms with E-state index >= 15 is 0 Å². The summed E-state index contributed by atoms with van der Waals surface area (Å²) in [6.07, 6.45) is 8.09. The van der Waals surface area contributed by atoms with Crippen LogP contribution in [0.2, 0.25) is 0 Å². The van der Waals surface area contributed by atoms with Crippen LogP contribution in [-0.2, 0) is 6.54 Å². The summed E-state index contributed by atoms with van der Waals surface area (Å²) >= 11 is 0. The zero-order chi connectivity index (χ0) is 15.5. The molecular formula is C21H31N. The highest BCUT2D eigenvalue weighted by atomic mass is 15.2. The summed E-state index contributed by atoms with van der Waals surface area (Å²) in [6.45, 7) is 8.32. The predicted molar refractivity (Wildman–Crippen MR) is 94.8 cm³/mol. The van der Waals surface area contributed by atoms with Crippen molar-refractivity contribution >= 4 is 0 Å². The highest BCUT2D eigenvalue weighted by Gasteiger charge is 2.39. The molecule has 0 N–H and O–H groups in total. The van der Waals surface area contributed by atoms with E-state index in [1.165, 1.54) is 44.1 Å². The molecule has 3 rings (SSSR count). The van der Waals surface area contributed by atoms with Crippen molar-refractivity contribution < 1.29 is 0 Å². The molecule has 0 amide bonds. The molecule has 1 aromatic rings. The Labute approximate surface area is 136 Å². The average Bonchev–Trinajstić information content (AvgIpc) is 2.58. The maximum Gasteiger partial charge on any atom is 0.0314 e. The fourth-order valence-electron chi connectivity index (χ4n) is 4.89. The summed E-state index contributed by atoms with van der Waals surface area (Å²) in [6, 6.07) is 12.4. The summed E-state index contributed by atoms with van der Waals surface area (Å²) in [5, 5.41) is 0. The van der Waals surface area contributed by atoms with Crippen LogP contribution in [-0.4, -0.2) is 17.0 Å². The summed E-state index contributed by atoms with van der Waals surface area (Å²) < 4.78 is 0. The van der Waals surface area contributed by atoms with E-state index in [0.717, 1.165) is 12.5 Å². The lowest BCUT2D eigenvalue weighted by Crippen LogP contribution is -2.50. The molecular weight excluding hydrogens is 266 g/mol. The highest BCUT2D eigenvalue weighted by molar-refractivity contribution is 5.29. The lowest BCUT2D eigenvalue weighted by Gasteiger charge is -2.49. The molecule has 0 spiro atoms. The van der Waals surface area contributed by atoms with Gasteiger partial charge in [-0.1, -0.05) is 61.7 Å². The number of hydrogen-bond acceptors (Lipinski definition) is 1. The van der Waals surface area contributed by atoms with Crippen LogP contribution in [0.15, 0.2) is 41.5 Å². The van der Waals surface area contributed by atoms with Crippen molar-refractivity contribution in [3.8, 4) is 0 Å². The number of rotatable bonds is 4. The largest absolute Gasteiger partial charge is 0.289 e. The molecule has 1 nitrogen and oxygen atoms in total. The van der Waals surface area contributed by atoms with Gasteiger partial charge in [0.05, 0.1) is 0 Å². The molecule has 1 fully saturated rings. The van der Waals surface area contributed by atoms with Gasteiger partial charge in [-0.05, 0) is 50.5 Å². The molecule has 0 bridgehead atoms. The molecule has 1 heteroatoms. The third-order valence-corrected chi connectivity index (χ3v) is 5.95. The van der Waals surface area contributed by atoms with Gasteiger partial charge in [-0.15, -0.1) is 0 Å². The molecule has 120 valence electrons. The van der Waals surface area contributed by atoms with Crippen LogP contribution >= 0.6 is 0 Å². The molecule has 1 aliphatic heterocycles. The third-order valence-electron chi connectivity index (χ3n) is 5.95. The molecule has 22 heavy (non-hydrogen) atoms. The van der Waals surface area contributed by atoms with Gasteiger partial charge in [-0.3, -0.25) is 4.90 Å². The Morgan fingerprint density at radius 3 is 2.55 bits per heavy atom. The number of nitrogens with zero attached hydrogens (tertiary/aromatic N) is 1. The summed E-state index contributed by atoms with van der Waals surface area (Å²) in [5.41, 5.74) is 5.08. The van der Waals surface area contributed by atoms with Crippen molar-refractivity contribution in [2.75, 3.05) is 0 Å². The first-order chi connectivity index (χ1) is 10.8. The minimum Gasteiger partial charge on any atom is -0.289 e. The predicted octanol–water partition coefficient (Wildman–Crippen LogP) is 5.57. The second kappa shape index (κ2) is 7.00. The van der Waals surface area contributed by atoms with Crippen LogP contribution in [0, 0.1) is 5.92 Å². The van der Waals surface area contributed by atoms with Gasteiger partial charge in [0.2, 0.25) is 0 Å². The molecule has 0 unspecified atom stereocenters. The van der Waals surface area contributed by atoms with Gasteiger partial charge in [0, 0.05) is 18.6 Å².